The summed E-state index contributed by atoms with van der Waals surface area (Å²) in [6.07, 6.45) is 0. The van der Waals surface area contributed by atoms with E-state index in [-0.39, 0.29) is 0 Å². The molecule has 1 unspecified atom stereocenters. The van der Waals surface area contributed by atoms with Gasteiger partial charge in [-0.3, -0.25) is 0 Å². The van der Waals surface area contributed by atoms with Gasteiger partial charge in [-0.1, -0.05) is 48.2 Å². The first-order chi connectivity index (χ1) is 7.71. The first-order valence-electron chi connectivity index (χ1n) is 5.38. The third kappa shape index (κ3) is 1.70. The second-order valence-corrected chi connectivity index (χ2v) is 7.61. The molecule has 82 valence electrons. The zero-order valence-corrected chi connectivity index (χ0v) is 10.7. The quantitative estimate of drug-likeness (QED) is 0.734. The molecular formula is C14H16OSi. The molecule has 0 aromatic heterocycles. The van der Waals surface area contributed by atoms with Gasteiger partial charge in [0.25, 0.3) is 0 Å². The van der Waals surface area contributed by atoms with Gasteiger partial charge in [0.15, 0.2) is 0 Å². The summed E-state index contributed by atoms with van der Waals surface area (Å²) in [5, 5.41) is 3.83. The monoisotopic (exact) mass is 228 g/mol. The smallest absolute Gasteiger partial charge is 0.245 e. The molecular weight excluding hydrogens is 212 g/mol. The zero-order chi connectivity index (χ0) is 11.6. The van der Waals surface area contributed by atoms with Gasteiger partial charge in [0.2, 0.25) is 8.32 Å². The Kier molecular flexibility index (Phi) is 2.94. The molecule has 0 radical (unpaired) electrons. The van der Waals surface area contributed by atoms with Gasteiger partial charge in [0.1, 0.15) is 0 Å². The second kappa shape index (κ2) is 4.24. The average molecular weight is 228 g/mol. The fourth-order valence-electron chi connectivity index (χ4n) is 1.96. The van der Waals surface area contributed by atoms with Crippen LogP contribution in [0, 0.1) is 0 Å². The van der Waals surface area contributed by atoms with Crippen LogP contribution in [0.15, 0.2) is 54.7 Å². The van der Waals surface area contributed by atoms with E-state index in [0.29, 0.717) is 0 Å². The molecule has 0 saturated carbocycles. The lowest BCUT2D eigenvalue weighted by Gasteiger charge is -2.23. The summed E-state index contributed by atoms with van der Waals surface area (Å²) in [5.74, 6) is 0. The molecule has 0 heterocycles. The molecule has 0 saturated heterocycles. The van der Waals surface area contributed by atoms with Crippen LogP contribution < -0.4 is 5.19 Å². The van der Waals surface area contributed by atoms with E-state index >= 15 is 0 Å². The molecule has 0 aliphatic carbocycles. The fraction of sp³-hybridized carbons (Fsp3) is 0.143. The molecule has 2 rings (SSSR count). The van der Waals surface area contributed by atoms with E-state index in [2.05, 4.69) is 55.6 Å². The molecule has 0 bridgehead atoms. The maximum atomic E-state index is 5.70. The van der Waals surface area contributed by atoms with E-state index < -0.39 is 8.32 Å². The lowest BCUT2D eigenvalue weighted by Crippen LogP contribution is -2.45. The number of hydrogen-bond acceptors (Lipinski definition) is 1. The molecule has 0 amide bonds. The van der Waals surface area contributed by atoms with Crippen LogP contribution in [0.2, 0.25) is 6.55 Å². The van der Waals surface area contributed by atoms with E-state index in [0.717, 1.165) is 0 Å². The van der Waals surface area contributed by atoms with Crippen molar-refractivity contribution in [3.05, 3.63) is 54.7 Å². The van der Waals surface area contributed by atoms with Crippen LogP contribution in [-0.2, 0) is 4.43 Å². The van der Waals surface area contributed by atoms with Gasteiger partial charge in [-0.25, -0.2) is 0 Å². The third-order valence-corrected chi connectivity index (χ3v) is 6.27. The second-order valence-electron chi connectivity index (χ2n) is 4.04. The van der Waals surface area contributed by atoms with Gasteiger partial charge in [0.05, 0.1) is 0 Å². The van der Waals surface area contributed by atoms with Crippen molar-refractivity contribution in [3.63, 3.8) is 0 Å². The van der Waals surface area contributed by atoms with E-state index in [1.54, 1.807) is 7.11 Å². The number of rotatable bonds is 3. The van der Waals surface area contributed by atoms with Crippen molar-refractivity contribution in [2.75, 3.05) is 7.11 Å². The largest absolute Gasteiger partial charge is 0.412 e. The van der Waals surface area contributed by atoms with Gasteiger partial charge < -0.3 is 4.43 Å². The Labute approximate surface area is 97.5 Å². The van der Waals surface area contributed by atoms with Crippen LogP contribution in [0.1, 0.15) is 0 Å². The molecule has 0 fully saturated rings. The molecule has 2 aromatic rings. The van der Waals surface area contributed by atoms with Crippen LogP contribution in [0.3, 0.4) is 0 Å². The molecule has 0 spiro atoms. The lowest BCUT2D eigenvalue weighted by atomic mass is 10.1. The highest BCUT2D eigenvalue weighted by atomic mass is 28.4. The van der Waals surface area contributed by atoms with Gasteiger partial charge >= 0.3 is 0 Å². The van der Waals surface area contributed by atoms with Crippen LogP contribution in [-0.4, -0.2) is 15.4 Å². The summed E-state index contributed by atoms with van der Waals surface area (Å²) in [5.41, 5.74) is 1.98. The summed E-state index contributed by atoms with van der Waals surface area (Å²) in [4.78, 5) is 0. The molecule has 0 aliphatic rings. The van der Waals surface area contributed by atoms with E-state index in [9.17, 15) is 0 Å². The first kappa shape index (κ1) is 11.1. The third-order valence-electron chi connectivity index (χ3n) is 3.14. The topological polar surface area (TPSA) is 9.23 Å². The van der Waals surface area contributed by atoms with Crippen LogP contribution in [0.4, 0.5) is 0 Å². The van der Waals surface area contributed by atoms with Gasteiger partial charge in [0, 0.05) is 7.11 Å². The Morgan fingerprint density at radius 3 is 2.50 bits per heavy atom. The summed E-state index contributed by atoms with van der Waals surface area (Å²) in [7, 11) is -0.201. The predicted molar refractivity (Wildman–Crippen MR) is 72.4 cm³/mol. The Bertz CT molecular complexity index is 516. The highest BCUT2D eigenvalue weighted by Gasteiger charge is 2.27. The molecule has 0 aliphatic heterocycles. The minimum Gasteiger partial charge on any atom is -0.412 e. The first-order valence-corrected chi connectivity index (χ1v) is 7.87. The Morgan fingerprint density at radius 1 is 1.12 bits per heavy atom. The summed E-state index contributed by atoms with van der Waals surface area (Å²) >= 11 is 0. The van der Waals surface area contributed by atoms with E-state index in [4.69, 9.17) is 4.43 Å². The summed E-state index contributed by atoms with van der Waals surface area (Å²) in [6, 6.07) is 14.8. The van der Waals surface area contributed by atoms with Crippen LogP contribution >= 0.6 is 0 Å². The van der Waals surface area contributed by atoms with Crippen molar-refractivity contribution in [1.82, 2.24) is 0 Å². The molecule has 1 nitrogen and oxygen atoms in total. The molecule has 2 heteroatoms. The predicted octanol–water partition coefficient (Wildman–Crippen LogP) is 2.99. The van der Waals surface area contributed by atoms with E-state index in [1.165, 1.54) is 16.0 Å². The van der Waals surface area contributed by atoms with Crippen LogP contribution in [0.5, 0.6) is 0 Å². The minimum absolute atomic E-state index is 1.26. The number of fused-ring (bicyclic) bond motifs is 1. The zero-order valence-electron chi connectivity index (χ0n) is 9.73. The Morgan fingerprint density at radius 2 is 1.81 bits per heavy atom. The highest BCUT2D eigenvalue weighted by Crippen LogP contribution is 2.16. The summed E-state index contributed by atoms with van der Waals surface area (Å²) in [6.45, 7) is 6.09. The van der Waals surface area contributed by atoms with Crippen molar-refractivity contribution in [1.29, 1.82) is 0 Å². The minimum atomic E-state index is -1.97. The Hall–Kier alpha value is -1.38. The standard InChI is InChI=1S/C14H16OSi/c1-4-16(3,15-2)14-11-7-9-12-8-5-6-10-13(12)14/h4-11H,1H2,2-3H3. The fourth-order valence-corrected chi connectivity index (χ4v) is 3.76. The normalized spacial score (nSPS) is 14.6. The molecule has 16 heavy (non-hydrogen) atoms. The van der Waals surface area contributed by atoms with E-state index in [1.807, 2.05) is 5.70 Å². The lowest BCUT2D eigenvalue weighted by molar-refractivity contribution is 0.421. The van der Waals surface area contributed by atoms with Crippen molar-refractivity contribution in [3.8, 4) is 0 Å². The maximum Gasteiger partial charge on any atom is 0.245 e. The van der Waals surface area contributed by atoms with Gasteiger partial charge in [-0.2, -0.15) is 0 Å². The van der Waals surface area contributed by atoms with Gasteiger partial charge in [-0.15, -0.1) is 6.58 Å². The van der Waals surface area contributed by atoms with Gasteiger partial charge in [-0.05, 0) is 22.5 Å². The van der Waals surface area contributed by atoms with Crippen molar-refractivity contribution in [2.45, 2.75) is 6.55 Å². The van der Waals surface area contributed by atoms with Crippen LogP contribution in [0.25, 0.3) is 10.8 Å². The maximum absolute atomic E-state index is 5.70. The summed E-state index contributed by atoms with van der Waals surface area (Å²) < 4.78 is 5.70. The highest BCUT2D eigenvalue weighted by molar-refractivity contribution is 6.91. The Balaban J connectivity index is 2.73. The SMILES string of the molecule is C=C[Si](C)(OC)c1cccc2ccccc12. The molecule has 0 N–H and O–H groups in total. The molecule has 2 aromatic carbocycles. The van der Waals surface area contributed by atoms with Crippen molar-refractivity contribution < 1.29 is 4.43 Å². The average Bonchev–Trinajstić information content (AvgIpc) is 2.37. The number of hydrogen-bond donors (Lipinski definition) is 0. The van der Waals surface area contributed by atoms with Crippen molar-refractivity contribution in [2.24, 2.45) is 0 Å². The molecule has 1 atom stereocenters. The van der Waals surface area contributed by atoms with Crippen molar-refractivity contribution >= 4 is 24.3 Å². The number of benzene rings is 2.